The van der Waals surface area contributed by atoms with E-state index in [1.165, 1.54) is 0 Å². The number of imidazole rings is 1. The van der Waals surface area contributed by atoms with Crippen LogP contribution in [0.2, 0.25) is 0 Å². The van der Waals surface area contributed by atoms with Crippen molar-refractivity contribution in [2.75, 3.05) is 0 Å². The number of nitrogens with zero attached hydrogens (tertiary/aromatic N) is 2. The average molecular weight is 200 g/mol. The highest BCUT2D eigenvalue weighted by Crippen LogP contribution is 2.05. The summed E-state index contributed by atoms with van der Waals surface area (Å²) in [5, 5.41) is 8.39. The zero-order chi connectivity index (χ0) is 10.6. The summed E-state index contributed by atoms with van der Waals surface area (Å²) in [7, 11) is 0. The van der Waals surface area contributed by atoms with Gasteiger partial charge in [-0.05, 0) is 6.42 Å². The Hall–Kier alpha value is -1.39. The standard InChI is InChI=1S/C9H13FN2O2/c1-2-4-12-5-3-11-8(12)6-7(10)9(13)14/h3,5,7H,2,4,6H2,1H3,(H,13,14). The van der Waals surface area contributed by atoms with Gasteiger partial charge in [-0.3, -0.25) is 0 Å². The third-order valence-corrected chi connectivity index (χ3v) is 1.90. The monoisotopic (exact) mass is 200 g/mol. The van der Waals surface area contributed by atoms with Gasteiger partial charge in [0.15, 0.2) is 0 Å². The van der Waals surface area contributed by atoms with E-state index in [1.807, 2.05) is 6.92 Å². The normalized spacial score (nSPS) is 12.7. The molecule has 5 heteroatoms. The summed E-state index contributed by atoms with van der Waals surface area (Å²) < 4.78 is 14.6. The molecule has 0 saturated carbocycles. The molecule has 14 heavy (non-hydrogen) atoms. The predicted octanol–water partition coefficient (Wildman–Crippen LogP) is 1.26. The second-order valence-corrected chi connectivity index (χ2v) is 3.05. The molecule has 0 aliphatic heterocycles. The first kappa shape index (κ1) is 10.7. The molecule has 1 aromatic rings. The number of halogens is 1. The number of carboxylic acid groups (broad SMARTS) is 1. The van der Waals surface area contributed by atoms with Crippen LogP contribution in [0.15, 0.2) is 12.4 Å². The second kappa shape index (κ2) is 4.74. The molecule has 0 radical (unpaired) electrons. The van der Waals surface area contributed by atoms with Crippen LogP contribution in [-0.2, 0) is 17.8 Å². The van der Waals surface area contributed by atoms with Crippen LogP contribution in [0, 0.1) is 0 Å². The molecule has 0 aromatic carbocycles. The summed E-state index contributed by atoms with van der Waals surface area (Å²) in [6.07, 6.45) is 2.16. The van der Waals surface area contributed by atoms with Gasteiger partial charge in [0.05, 0.1) is 0 Å². The molecule has 0 bridgehead atoms. The number of carboxylic acids is 1. The summed E-state index contributed by atoms with van der Waals surface area (Å²) in [5.41, 5.74) is 0. The Balaban J connectivity index is 2.66. The lowest BCUT2D eigenvalue weighted by Gasteiger charge is -2.06. The van der Waals surface area contributed by atoms with Crippen molar-refractivity contribution in [3.63, 3.8) is 0 Å². The quantitative estimate of drug-likeness (QED) is 0.778. The zero-order valence-corrected chi connectivity index (χ0v) is 7.98. The van der Waals surface area contributed by atoms with E-state index in [1.54, 1.807) is 17.0 Å². The molecule has 1 aromatic heterocycles. The van der Waals surface area contributed by atoms with Crippen molar-refractivity contribution in [2.24, 2.45) is 0 Å². The smallest absolute Gasteiger partial charge is 0.338 e. The molecular formula is C9H13FN2O2. The van der Waals surface area contributed by atoms with Gasteiger partial charge in [-0.15, -0.1) is 0 Å². The van der Waals surface area contributed by atoms with Crippen LogP contribution >= 0.6 is 0 Å². The Labute approximate surface area is 81.4 Å². The van der Waals surface area contributed by atoms with E-state index in [2.05, 4.69) is 4.98 Å². The van der Waals surface area contributed by atoms with E-state index in [0.717, 1.165) is 13.0 Å². The van der Waals surface area contributed by atoms with Crippen molar-refractivity contribution in [1.29, 1.82) is 0 Å². The maximum Gasteiger partial charge on any atom is 0.338 e. The highest BCUT2D eigenvalue weighted by Gasteiger charge is 2.18. The van der Waals surface area contributed by atoms with Crippen LogP contribution in [0.25, 0.3) is 0 Å². The highest BCUT2D eigenvalue weighted by molar-refractivity contribution is 5.72. The Morgan fingerprint density at radius 3 is 3.07 bits per heavy atom. The van der Waals surface area contributed by atoms with Crippen molar-refractivity contribution < 1.29 is 14.3 Å². The first-order valence-electron chi connectivity index (χ1n) is 4.52. The number of hydrogen-bond acceptors (Lipinski definition) is 2. The fourth-order valence-electron chi connectivity index (χ4n) is 1.22. The number of hydrogen-bond donors (Lipinski definition) is 1. The summed E-state index contributed by atoms with van der Waals surface area (Å²) in [4.78, 5) is 14.2. The summed E-state index contributed by atoms with van der Waals surface area (Å²) >= 11 is 0. The molecule has 78 valence electrons. The minimum atomic E-state index is -1.87. The molecule has 1 heterocycles. The lowest BCUT2D eigenvalue weighted by atomic mass is 10.2. The molecule has 0 fully saturated rings. The van der Waals surface area contributed by atoms with Crippen LogP contribution in [0.4, 0.5) is 4.39 Å². The van der Waals surface area contributed by atoms with Gasteiger partial charge >= 0.3 is 5.97 Å². The van der Waals surface area contributed by atoms with E-state index < -0.39 is 12.1 Å². The molecular weight excluding hydrogens is 187 g/mol. The molecule has 0 spiro atoms. The molecule has 1 N–H and O–H groups in total. The maximum atomic E-state index is 12.9. The van der Waals surface area contributed by atoms with Gasteiger partial charge in [0, 0.05) is 25.4 Å². The van der Waals surface area contributed by atoms with E-state index in [-0.39, 0.29) is 6.42 Å². The largest absolute Gasteiger partial charge is 0.479 e. The molecule has 1 rings (SSSR count). The molecule has 1 unspecified atom stereocenters. The van der Waals surface area contributed by atoms with Gasteiger partial charge in [0.25, 0.3) is 0 Å². The lowest BCUT2D eigenvalue weighted by molar-refractivity contribution is -0.142. The van der Waals surface area contributed by atoms with Crippen molar-refractivity contribution in [2.45, 2.75) is 32.5 Å². The SMILES string of the molecule is CCCn1ccnc1CC(F)C(=O)O. The fourth-order valence-corrected chi connectivity index (χ4v) is 1.22. The number of alkyl halides is 1. The molecule has 0 aliphatic rings. The van der Waals surface area contributed by atoms with Crippen LogP contribution in [0.1, 0.15) is 19.2 Å². The first-order chi connectivity index (χ1) is 6.65. The van der Waals surface area contributed by atoms with Gasteiger partial charge in [-0.2, -0.15) is 0 Å². The van der Waals surface area contributed by atoms with Gasteiger partial charge < -0.3 is 9.67 Å². The van der Waals surface area contributed by atoms with Crippen molar-refractivity contribution in [3.05, 3.63) is 18.2 Å². The minimum absolute atomic E-state index is 0.164. The van der Waals surface area contributed by atoms with Gasteiger partial charge in [-0.1, -0.05) is 6.92 Å². The van der Waals surface area contributed by atoms with Crippen LogP contribution in [-0.4, -0.2) is 26.8 Å². The Morgan fingerprint density at radius 1 is 1.79 bits per heavy atom. The molecule has 0 aliphatic carbocycles. The van der Waals surface area contributed by atoms with E-state index >= 15 is 0 Å². The number of rotatable bonds is 5. The van der Waals surface area contributed by atoms with E-state index in [0.29, 0.717) is 5.82 Å². The van der Waals surface area contributed by atoms with Crippen LogP contribution < -0.4 is 0 Å². The van der Waals surface area contributed by atoms with Gasteiger partial charge in [0.2, 0.25) is 6.17 Å². The van der Waals surface area contributed by atoms with Crippen LogP contribution in [0.5, 0.6) is 0 Å². The van der Waals surface area contributed by atoms with Gasteiger partial charge in [0.1, 0.15) is 5.82 Å². The lowest BCUT2D eigenvalue weighted by Crippen LogP contribution is -2.19. The van der Waals surface area contributed by atoms with Crippen molar-refractivity contribution in [1.82, 2.24) is 9.55 Å². The number of aryl methyl sites for hydroxylation is 1. The predicted molar refractivity (Wildman–Crippen MR) is 48.8 cm³/mol. The Morgan fingerprint density at radius 2 is 2.50 bits per heavy atom. The highest BCUT2D eigenvalue weighted by atomic mass is 19.1. The Bertz CT molecular complexity index is 312. The topological polar surface area (TPSA) is 55.1 Å². The van der Waals surface area contributed by atoms with Crippen LogP contribution in [0.3, 0.4) is 0 Å². The summed E-state index contributed by atoms with van der Waals surface area (Å²) in [6, 6.07) is 0. The molecule has 0 saturated heterocycles. The number of aliphatic carboxylic acids is 1. The summed E-state index contributed by atoms with van der Waals surface area (Å²) in [6.45, 7) is 2.73. The van der Waals surface area contributed by atoms with Crippen molar-refractivity contribution in [3.8, 4) is 0 Å². The maximum absolute atomic E-state index is 12.9. The van der Waals surface area contributed by atoms with Gasteiger partial charge in [-0.25, -0.2) is 14.2 Å². The Kier molecular flexibility index (Phi) is 3.62. The second-order valence-electron chi connectivity index (χ2n) is 3.05. The van der Waals surface area contributed by atoms with E-state index in [4.69, 9.17) is 5.11 Å². The number of aromatic nitrogens is 2. The van der Waals surface area contributed by atoms with Crippen molar-refractivity contribution >= 4 is 5.97 Å². The summed E-state index contributed by atoms with van der Waals surface area (Å²) in [5.74, 6) is -0.946. The molecule has 4 nitrogen and oxygen atoms in total. The number of carbonyl (C=O) groups is 1. The first-order valence-corrected chi connectivity index (χ1v) is 4.52. The fraction of sp³-hybridized carbons (Fsp3) is 0.556. The molecule has 0 amide bonds. The van der Waals surface area contributed by atoms with E-state index in [9.17, 15) is 9.18 Å². The zero-order valence-electron chi connectivity index (χ0n) is 7.98. The third-order valence-electron chi connectivity index (χ3n) is 1.90. The third kappa shape index (κ3) is 2.55. The molecule has 1 atom stereocenters. The average Bonchev–Trinajstić information content (AvgIpc) is 2.53. The minimum Gasteiger partial charge on any atom is -0.479 e.